The standard InChI is InChI=1S/C15H17BrN2O3/c1-9-5-10(16)6-12-13(9)18(15(20)14(12)19)8-11-7-17(2)3-4-21-11/h5-6,11H,3-4,7-8H2,1-2H3. The maximum absolute atomic E-state index is 12.3. The first-order valence-corrected chi connectivity index (χ1v) is 7.73. The van der Waals surface area contributed by atoms with Crippen molar-refractivity contribution in [3.63, 3.8) is 0 Å². The Labute approximate surface area is 132 Å². The van der Waals surface area contributed by atoms with Crippen molar-refractivity contribution < 1.29 is 14.3 Å². The summed E-state index contributed by atoms with van der Waals surface area (Å²) in [6.45, 7) is 4.65. The van der Waals surface area contributed by atoms with Crippen LogP contribution >= 0.6 is 15.9 Å². The average Bonchev–Trinajstić information content (AvgIpc) is 2.64. The number of ketones is 1. The van der Waals surface area contributed by atoms with Gasteiger partial charge in [-0.2, -0.15) is 0 Å². The van der Waals surface area contributed by atoms with E-state index in [1.54, 1.807) is 11.0 Å². The molecule has 1 atom stereocenters. The monoisotopic (exact) mass is 352 g/mol. The highest BCUT2D eigenvalue weighted by molar-refractivity contribution is 9.10. The van der Waals surface area contributed by atoms with Crippen molar-refractivity contribution in [3.8, 4) is 0 Å². The molecule has 1 fully saturated rings. The van der Waals surface area contributed by atoms with Gasteiger partial charge in [-0.05, 0) is 31.7 Å². The number of benzene rings is 1. The van der Waals surface area contributed by atoms with E-state index in [0.717, 1.165) is 28.8 Å². The lowest BCUT2D eigenvalue weighted by Crippen LogP contribution is -2.47. The van der Waals surface area contributed by atoms with Crippen LogP contribution < -0.4 is 4.90 Å². The fourth-order valence-corrected chi connectivity index (χ4v) is 3.53. The quantitative estimate of drug-likeness (QED) is 0.759. The molecule has 0 radical (unpaired) electrons. The predicted molar refractivity (Wildman–Crippen MR) is 82.8 cm³/mol. The van der Waals surface area contributed by atoms with Gasteiger partial charge in [0.1, 0.15) is 0 Å². The smallest absolute Gasteiger partial charge is 0.299 e. The summed E-state index contributed by atoms with van der Waals surface area (Å²) in [5.41, 5.74) is 2.13. The number of morpholine rings is 1. The molecular formula is C15H17BrN2O3. The first-order chi connectivity index (χ1) is 9.97. The van der Waals surface area contributed by atoms with Crippen LogP contribution in [0, 0.1) is 6.92 Å². The molecule has 5 nitrogen and oxygen atoms in total. The van der Waals surface area contributed by atoms with Crippen LogP contribution in [-0.4, -0.2) is 56.0 Å². The number of fused-ring (bicyclic) bond motifs is 1. The summed E-state index contributed by atoms with van der Waals surface area (Å²) in [4.78, 5) is 28.2. The van der Waals surface area contributed by atoms with Crippen LogP contribution in [0.5, 0.6) is 0 Å². The number of rotatable bonds is 2. The number of anilines is 1. The number of hydrogen-bond acceptors (Lipinski definition) is 4. The Morgan fingerprint density at radius 2 is 2.14 bits per heavy atom. The number of halogens is 1. The number of ether oxygens (including phenoxy) is 1. The molecule has 0 aromatic heterocycles. The number of hydrogen-bond donors (Lipinski definition) is 0. The van der Waals surface area contributed by atoms with Gasteiger partial charge in [-0.3, -0.25) is 9.59 Å². The molecule has 1 aromatic carbocycles. The summed E-state index contributed by atoms with van der Waals surface area (Å²) in [7, 11) is 2.03. The fraction of sp³-hybridized carbons (Fsp3) is 0.467. The Bertz CT molecular complexity index is 617. The second-order valence-corrected chi connectivity index (χ2v) is 6.53. The minimum Gasteiger partial charge on any atom is -0.374 e. The van der Waals surface area contributed by atoms with Crippen molar-refractivity contribution in [3.05, 3.63) is 27.7 Å². The van der Waals surface area contributed by atoms with E-state index >= 15 is 0 Å². The Morgan fingerprint density at radius 1 is 1.38 bits per heavy atom. The van der Waals surface area contributed by atoms with Gasteiger partial charge in [0.05, 0.1) is 30.5 Å². The van der Waals surface area contributed by atoms with Gasteiger partial charge in [0.15, 0.2) is 0 Å². The van der Waals surface area contributed by atoms with Gasteiger partial charge in [-0.1, -0.05) is 15.9 Å². The largest absolute Gasteiger partial charge is 0.374 e. The lowest BCUT2D eigenvalue weighted by Gasteiger charge is -2.32. The maximum atomic E-state index is 12.3. The Hall–Kier alpha value is -1.24. The lowest BCUT2D eigenvalue weighted by molar-refractivity contribution is -0.115. The first kappa shape index (κ1) is 14.7. The molecule has 1 unspecified atom stereocenters. The molecule has 6 heteroatoms. The zero-order valence-corrected chi connectivity index (χ0v) is 13.6. The molecule has 0 bridgehead atoms. The van der Waals surface area contributed by atoms with E-state index in [1.807, 2.05) is 20.0 Å². The second kappa shape index (κ2) is 5.51. The molecule has 2 aliphatic rings. The summed E-state index contributed by atoms with van der Waals surface area (Å²) in [6.07, 6.45) is -0.0607. The zero-order chi connectivity index (χ0) is 15.1. The topological polar surface area (TPSA) is 49.9 Å². The predicted octanol–water partition coefficient (Wildman–Crippen LogP) is 1.62. The molecule has 21 heavy (non-hydrogen) atoms. The van der Waals surface area contributed by atoms with Gasteiger partial charge in [0.25, 0.3) is 11.7 Å². The molecule has 0 N–H and O–H groups in total. The van der Waals surface area contributed by atoms with E-state index in [-0.39, 0.29) is 6.10 Å². The van der Waals surface area contributed by atoms with E-state index in [1.165, 1.54) is 0 Å². The van der Waals surface area contributed by atoms with Crippen LogP contribution in [0.1, 0.15) is 15.9 Å². The Kier molecular flexibility index (Phi) is 3.86. The normalized spacial score (nSPS) is 22.8. The fourth-order valence-electron chi connectivity index (χ4n) is 2.96. The van der Waals surface area contributed by atoms with E-state index in [4.69, 9.17) is 4.74 Å². The molecule has 112 valence electrons. The summed E-state index contributed by atoms with van der Waals surface area (Å²) < 4.78 is 6.53. The molecule has 0 aliphatic carbocycles. The van der Waals surface area contributed by atoms with Gasteiger partial charge < -0.3 is 14.5 Å². The molecule has 0 saturated carbocycles. The average molecular weight is 353 g/mol. The van der Waals surface area contributed by atoms with Gasteiger partial charge in [0.2, 0.25) is 0 Å². The van der Waals surface area contributed by atoms with E-state index in [9.17, 15) is 9.59 Å². The number of carbonyl (C=O) groups is 2. The van der Waals surface area contributed by atoms with Crippen molar-refractivity contribution in [2.24, 2.45) is 0 Å². The van der Waals surface area contributed by atoms with Crippen LogP contribution in [0.15, 0.2) is 16.6 Å². The third-order valence-corrected chi connectivity index (χ3v) is 4.41. The van der Waals surface area contributed by atoms with Crippen molar-refractivity contribution in [2.45, 2.75) is 13.0 Å². The highest BCUT2D eigenvalue weighted by Gasteiger charge is 2.38. The number of amides is 1. The molecule has 1 amide bonds. The summed E-state index contributed by atoms with van der Waals surface area (Å²) in [5.74, 6) is -0.887. The van der Waals surface area contributed by atoms with E-state index < -0.39 is 11.7 Å². The number of nitrogens with zero attached hydrogens (tertiary/aromatic N) is 2. The summed E-state index contributed by atoms with van der Waals surface area (Å²) in [5, 5.41) is 0. The molecule has 2 heterocycles. The van der Waals surface area contributed by atoms with Crippen LogP contribution in [0.4, 0.5) is 5.69 Å². The van der Waals surface area contributed by atoms with Crippen LogP contribution in [0.2, 0.25) is 0 Å². The van der Waals surface area contributed by atoms with E-state index in [2.05, 4.69) is 20.8 Å². The molecule has 2 aliphatic heterocycles. The molecule has 1 aromatic rings. The van der Waals surface area contributed by atoms with Crippen molar-refractivity contribution in [1.29, 1.82) is 0 Å². The number of carbonyl (C=O) groups excluding carboxylic acids is 2. The lowest BCUT2D eigenvalue weighted by atomic mass is 10.1. The highest BCUT2D eigenvalue weighted by Crippen LogP contribution is 2.35. The minimum atomic E-state index is -0.456. The van der Waals surface area contributed by atoms with Gasteiger partial charge >= 0.3 is 0 Å². The molecule has 1 saturated heterocycles. The SMILES string of the molecule is Cc1cc(Br)cc2c1N(CC1CN(C)CCO1)C(=O)C2=O. The van der Waals surface area contributed by atoms with Crippen LogP contribution in [0.25, 0.3) is 0 Å². The zero-order valence-electron chi connectivity index (χ0n) is 12.1. The van der Waals surface area contributed by atoms with Gasteiger partial charge in [0, 0.05) is 17.6 Å². The summed E-state index contributed by atoms with van der Waals surface area (Å²) in [6, 6.07) is 3.64. The molecule has 0 spiro atoms. The first-order valence-electron chi connectivity index (χ1n) is 6.94. The van der Waals surface area contributed by atoms with Crippen molar-refractivity contribution >= 4 is 33.3 Å². The Balaban J connectivity index is 1.90. The van der Waals surface area contributed by atoms with Crippen LogP contribution in [0.3, 0.4) is 0 Å². The molecular weight excluding hydrogens is 336 g/mol. The number of Topliss-reactive ketones (excluding diaryl/α,β-unsaturated/α-hetero) is 1. The van der Waals surface area contributed by atoms with Crippen LogP contribution in [-0.2, 0) is 9.53 Å². The van der Waals surface area contributed by atoms with Crippen molar-refractivity contribution in [1.82, 2.24) is 4.90 Å². The highest BCUT2D eigenvalue weighted by atomic mass is 79.9. The van der Waals surface area contributed by atoms with Gasteiger partial charge in [-0.15, -0.1) is 0 Å². The Morgan fingerprint density at radius 3 is 2.86 bits per heavy atom. The van der Waals surface area contributed by atoms with Gasteiger partial charge in [-0.25, -0.2) is 0 Å². The number of likely N-dealkylation sites (N-methyl/N-ethyl adjacent to an activating group) is 1. The number of aryl methyl sites for hydroxylation is 1. The maximum Gasteiger partial charge on any atom is 0.299 e. The van der Waals surface area contributed by atoms with Crippen molar-refractivity contribution in [2.75, 3.05) is 38.2 Å². The second-order valence-electron chi connectivity index (χ2n) is 5.62. The summed E-state index contributed by atoms with van der Waals surface area (Å²) >= 11 is 3.38. The third kappa shape index (κ3) is 2.63. The minimum absolute atomic E-state index is 0.0607. The third-order valence-electron chi connectivity index (χ3n) is 3.95. The molecule has 3 rings (SSSR count). The van der Waals surface area contributed by atoms with E-state index in [0.29, 0.717) is 18.7 Å².